The smallest absolute Gasteiger partial charge is 0.0604 e. The van der Waals surface area contributed by atoms with E-state index in [1.165, 1.54) is 38.5 Å². The summed E-state index contributed by atoms with van der Waals surface area (Å²) in [5.74, 6) is 0. The van der Waals surface area contributed by atoms with Gasteiger partial charge in [0.15, 0.2) is 0 Å². The normalized spacial score (nSPS) is 38.1. The minimum atomic E-state index is 0.543. The van der Waals surface area contributed by atoms with E-state index in [1.807, 2.05) is 0 Å². The van der Waals surface area contributed by atoms with E-state index in [1.54, 1.807) is 0 Å². The molecule has 1 N–H and O–H groups in total. The molecule has 0 aromatic carbocycles. The van der Waals surface area contributed by atoms with Crippen LogP contribution in [0.4, 0.5) is 0 Å². The van der Waals surface area contributed by atoms with Crippen LogP contribution in [0.3, 0.4) is 0 Å². The van der Waals surface area contributed by atoms with Gasteiger partial charge in [0.1, 0.15) is 0 Å². The first kappa shape index (κ1) is 13.3. The largest absolute Gasteiger partial charge is 0.378 e. The Labute approximate surface area is 106 Å². The molecular formula is C14H28N2O. The van der Waals surface area contributed by atoms with Gasteiger partial charge in [-0.1, -0.05) is 0 Å². The standard InChI is InChI=1S/C14H28N2O/c1-4-17-14-9-13(10-14)16(3)12-7-5-11(15-2)6-8-12/h11-15H,4-10H2,1-3H3. The van der Waals surface area contributed by atoms with Crippen LogP contribution in [0.25, 0.3) is 0 Å². The fourth-order valence-electron chi connectivity index (χ4n) is 3.31. The van der Waals surface area contributed by atoms with Crippen molar-refractivity contribution in [1.82, 2.24) is 10.2 Å². The maximum Gasteiger partial charge on any atom is 0.0604 e. The van der Waals surface area contributed by atoms with Gasteiger partial charge in [0, 0.05) is 24.7 Å². The Balaban J connectivity index is 1.69. The van der Waals surface area contributed by atoms with E-state index in [0.717, 1.165) is 24.7 Å². The molecule has 0 spiro atoms. The van der Waals surface area contributed by atoms with Crippen LogP contribution in [0.15, 0.2) is 0 Å². The second-order valence-electron chi connectivity index (χ2n) is 5.66. The summed E-state index contributed by atoms with van der Waals surface area (Å²) >= 11 is 0. The minimum Gasteiger partial charge on any atom is -0.378 e. The van der Waals surface area contributed by atoms with Gasteiger partial charge < -0.3 is 15.0 Å². The van der Waals surface area contributed by atoms with Crippen LogP contribution in [-0.2, 0) is 4.74 Å². The molecule has 0 aromatic heterocycles. The highest BCUT2D eigenvalue weighted by Crippen LogP contribution is 2.32. The topological polar surface area (TPSA) is 24.5 Å². The van der Waals surface area contributed by atoms with E-state index in [-0.39, 0.29) is 0 Å². The molecule has 3 nitrogen and oxygen atoms in total. The number of rotatable bonds is 5. The lowest BCUT2D eigenvalue weighted by atomic mass is 9.84. The maximum absolute atomic E-state index is 5.64. The highest BCUT2D eigenvalue weighted by atomic mass is 16.5. The Morgan fingerprint density at radius 2 is 1.76 bits per heavy atom. The SMILES string of the molecule is CCOC1CC(N(C)C2CCC(NC)CC2)C1. The molecule has 0 unspecified atom stereocenters. The number of ether oxygens (including phenoxy) is 1. The van der Waals surface area contributed by atoms with Gasteiger partial charge in [-0.3, -0.25) is 0 Å². The summed E-state index contributed by atoms with van der Waals surface area (Å²) < 4.78 is 5.64. The van der Waals surface area contributed by atoms with E-state index < -0.39 is 0 Å². The molecule has 0 atom stereocenters. The summed E-state index contributed by atoms with van der Waals surface area (Å²) in [5, 5.41) is 3.41. The zero-order chi connectivity index (χ0) is 12.3. The molecule has 0 bridgehead atoms. The van der Waals surface area contributed by atoms with Crippen molar-refractivity contribution in [2.24, 2.45) is 0 Å². The molecule has 0 saturated heterocycles. The first-order valence-corrected chi connectivity index (χ1v) is 7.25. The third kappa shape index (κ3) is 3.21. The van der Waals surface area contributed by atoms with Gasteiger partial charge in [-0.25, -0.2) is 0 Å². The maximum atomic E-state index is 5.64. The Hall–Kier alpha value is -0.120. The molecule has 0 aliphatic heterocycles. The molecule has 2 aliphatic carbocycles. The van der Waals surface area contributed by atoms with E-state index in [2.05, 4.69) is 31.2 Å². The van der Waals surface area contributed by atoms with Gasteiger partial charge in [-0.2, -0.15) is 0 Å². The van der Waals surface area contributed by atoms with Crippen molar-refractivity contribution in [3.8, 4) is 0 Å². The van der Waals surface area contributed by atoms with Gasteiger partial charge in [0.2, 0.25) is 0 Å². The Morgan fingerprint density at radius 3 is 2.29 bits per heavy atom. The molecule has 0 aromatic rings. The number of hydrogen-bond acceptors (Lipinski definition) is 3. The zero-order valence-corrected chi connectivity index (χ0v) is 11.6. The third-order valence-corrected chi connectivity index (χ3v) is 4.73. The van der Waals surface area contributed by atoms with Crippen molar-refractivity contribution in [1.29, 1.82) is 0 Å². The predicted molar refractivity (Wildman–Crippen MR) is 71.3 cm³/mol. The lowest BCUT2D eigenvalue weighted by molar-refractivity contribution is -0.0537. The Bertz CT molecular complexity index is 220. The summed E-state index contributed by atoms with van der Waals surface area (Å²) in [6.45, 7) is 2.96. The van der Waals surface area contributed by atoms with Crippen LogP contribution in [0, 0.1) is 0 Å². The molecule has 2 saturated carbocycles. The van der Waals surface area contributed by atoms with Gasteiger partial charge in [0.25, 0.3) is 0 Å². The summed E-state index contributed by atoms with van der Waals surface area (Å²) in [5.41, 5.74) is 0. The van der Waals surface area contributed by atoms with Crippen molar-refractivity contribution in [2.45, 2.75) is 69.7 Å². The predicted octanol–water partition coefficient (Wildman–Crippen LogP) is 2.02. The lowest BCUT2D eigenvalue weighted by Crippen LogP contribution is -2.51. The molecule has 2 aliphatic rings. The molecule has 100 valence electrons. The van der Waals surface area contributed by atoms with Crippen molar-refractivity contribution in [3.63, 3.8) is 0 Å². The number of nitrogens with one attached hydrogen (secondary N) is 1. The first-order valence-electron chi connectivity index (χ1n) is 7.25. The second kappa shape index (κ2) is 6.17. The highest BCUT2D eigenvalue weighted by molar-refractivity contribution is 4.91. The first-order chi connectivity index (χ1) is 8.24. The van der Waals surface area contributed by atoms with E-state index >= 15 is 0 Å². The Kier molecular flexibility index (Phi) is 4.83. The molecule has 0 heterocycles. The average molecular weight is 240 g/mol. The lowest BCUT2D eigenvalue weighted by Gasteiger charge is -2.46. The summed E-state index contributed by atoms with van der Waals surface area (Å²) in [6, 6.07) is 2.35. The fourth-order valence-corrected chi connectivity index (χ4v) is 3.31. The molecule has 0 amide bonds. The van der Waals surface area contributed by atoms with Crippen LogP contribution in [0.2, 0.25) is 0 Å². The van der Waals surface area contributed by atoms with Crippen molar-refractivity contribution in [2.75, 3.05) is 20.7 Å². The monoisotopic (exact) mass is 240 g/mol. The van der Waals surface area contributed by atoms with E-state index in [9.17, 15) is 0 Å². The molecule has 3 heteroatoms. The Morgan fingerprint density at radius 1 is 1.12 bits per heavy atom. The van der Waals surface area contributed by atoms with Crippen molar-refractivity contribution < 1.29 is 4.74 Å². The quantitative estimate of drug-likeness (QED) is 0.795. The minimum absolute atomic E-state index is 0.543. The zero-order valence-electron chi connectivity index (χ0n) is 11.6. The molecule has 17 heavy (non-hydrogen) atoms. The van der Waals surface area contributed by atoms with Crippen LogP contribution >= 0.6 is 0 Å². The van der Waals surface area contributed by atoms with Gasteiger partial charge in [-0.05, 0) is 59.5 Å². The fraction of sp³-hybridized carbons (Fsp3) is 1.00. The van der Waals surface area contributed by atoms with Crippen molar-refractivity contribution >= 4 is 0 Å². The summed E-state index contributed by atoms with van der Waals surface area (Å²) in [7, 11) is 4.41. The van der Waals surface area contributed by atoms with Crippen molar-refractivity contribution in [3.05, 3.63) is 0 Å². The molecule has 2 fully saturated rings. The third-order valence-electron chi connectivity index (χ3n) is 4.73. The second-order valence-corrected chi connectivity index (χ2v) is 5.66. The number of nitrogens with zero attached hydrogens (tertiary/aromatic N) is 1. The van der Waals surface area contributed by atoms with E-state index in [4.69, 9.17) is 4.74 Å². The highest BCUT2D eigenvalue weighted by Gasteiger charge is 2.36. The summed E-state index contributed by atoms with van der Waals surface area (Å²) in [6.07, 6.45) is 8.43. The molecule has 0 radical (unpaired) electrons. The summed E-state index contributed by atoms with van der Waals surface area (Å²) in [4.78, 5) is 2.63. The number of hydrogen-bond donors (Lipinski definition) is 1. The van der Waals surface area contributed by atoms with Gasteiger partial charge in [0.05, 0.1) is 6.10 Å². The average Bonchev–Trinajstić information content (AvgIpc) is 2.32. The van der Waals surface area contributed by atoms with Gasteiger partial charge >= 0.3 is 0 Å². The van der Waals surface area contributed by atoms with Crippen LogP contribution in [0.5, 0.6) is 0 Å². The molecular weight excluding hydrogens is 212 g/mol. The van der Waals surface area contributed by atoms with Gasteiger partial charge in [-0.15, -0.1) is 0 Å². The van der Waals surface area contributed by atoms with Crippen LogP contribution < -0.4 is 5.32 Å². The van der Waals surface area contributed by atoms with Crippen LogP contribution in [0.1, 0.15) is 45.4 Å². The molecule has 2 rings (SSSR count). The van der Waals surface area contributed by atoms with Crippen LogP contribution in [-0.4, -0.2) is 49.8 Å². The van der Waals surface area contributed by atoms with E-state index in [0.29, 0.717) is 6.10 Å².